The van der Waals surface area contributed by atoms with Gasteiger partial charge in [-0.1, -0.05) is 44.2 Å². The molecule has 1 N–H and O–H groups in total. The Labute approximate surface area is 136 Å². The number of hydrogen-bond acceptors (Lipinski definition) is 3. The first kappa shape index (κ1) is 15.6. The van der Waals surface area contributed by atoms with E-state index < -0.39 is 5.97 Å². The predicted octanol–water partition coefficient (Wildman–Crippen LogP) is 4.54. The van der Waals surface area contributed by atoms with Gasteiger partial charge in [-0.3, -0.25) is 0 Å². The van der Waals surface area contributed by atoms with Crippen molar-refractivity contribution in [2.45, 2.75) is 39.5 Å². The molecule has 0 heterocycles. The van der Waals surface area contributed by atoms with Gasteiger partial charge in [0.05, 0.1) is 0 Å². The highest BCUT2D eigenvalue weighted by Gasteiger charge is 2.27. The second-order valence-electron chi connectivity index (χ2n) is 6.37. The molecule has 0 saturated heterocycles. The van der Waals surface area contributed by atoms with Crippen LogP contribution in [0.5, 0.6) is 11.5 Å². The highest BCUT2D eigenvalue weighted by Crippen LogP contribution is 2.45. The summed E-state index contributed by atoms with van der Waals surface area (Å²) in [7, 11) is 0. The lowest BCUT2D eigenvalue weighted by Gasteiger charge is -2.27. The molecule has 0 fully saturated rings. The van der Waals surface area contributed by atoms with Gasteiger partial charge in [-0.15, -0.1) is 0 Å². The molecule has 1 aliphatic carbocycles. The SMILES string of the molecule is C=C(C)C(=O)Oc1c2c(c(O)c3ccccc13)CCC(CC)C2. The molecular formula is C20H22O3. The average molecular weight is 310 g/mol. The molecule has 23 heavy (non-hydrogen) atoms. The predicted molar refractivity (Wildman–Crippen MR) is 91.9 cm³/mol. The molecule has 1 unspecified atom stereocenters. The van der Waals surface area contributed by atoms with Crippen molar-refractivity contribution in [3.05, 3.63) is 47.5 Å². The Morgan fingerprint density at radius 3 is 2.65 bits per heavy atom. The monoisotopic (exact) mass is 310 g/mol. The molecule has 1 aliphatic rings. The van der Waals surface area contributed by atoms with Crippen LogP contribution in [0.15, 0.2) is 36.4 Å². The number of phenols is 1. The number of carbonyl (C=O) groups excluding carboxylic acids is 1. The molecule has 0 amide bonds. The summed E-state index contributed by atoms with van der Waals surface area (Å²) in [5.74, 6) is 1.08. The second-order valence-corrected chi connectivity index (χ2v) is 6.37. The van der Waals surface area contributed by atoms with Crippen LogP contribution in [0.1, 0.15) is 37.8 Å². The molecule has 0 aliphatic heterocycles. The summed E-state index contributed by atoms with van der Waals surface area (Å²) < 4.78 is 5.69. The summed E-state index contributed by atoms with van der Waals surface area (Å²) in [5, 5.41) is 12.2. The first-order chi connectivity index (χ1) is 11.0. The number of esters is 1. The summed E-state index contributed by atoms with van der Waals surface area (Å²) in [4.78, 5) is 12.1. The zero-order valence-corrected chi connectivity index (χ0v) is 13.7. The van der Waals surface area contributed by atoms with E-state index in [4.69, 9.17) is 4.74 Å². The van der Waals surface area contributed by atoms with Crippen LogP contribution in [-0.4, -0.2) is 11.1 Å². The van der Waals surface area contributed by atoms with Crippen molar-refractivity contribution in [3.63, 3.8) is 0 Å². The van der Waals surface area contributed by atoms with Gasteiger partial charge < -0.3 is 9.84 Å². The number of aromatic hydroxyl groups is 1. The standard InChI is InChI=1S/C20H22O3/c1-4-13-9-10-15-17(11-13)19(23-20(22)12(2)3)16-8-6-5-7-14(16)18(15)21/h5-8,13,21H,2,4,9-11H2,1,3H3. The lowest BCUT2D eigenvalue weighted by atomic mass is 9.80. The van der Waals surface area contributed by atoms with Gasteiger partial charge in [0.25, 0.3) is 0 Å². The topological polar surface area (TPSA) is 46.5 Å². The summed E-state index contributed by atoms with van der Waals surface area (Å²) >= 11 is 0. The fraction of sp³-hybridized carbons (Fsp3) is 0.350. The number of rotatable bonds is 3. The molecule has 3 heteroatoms. The van der Waals surface area contributed by atoms with E-state index in [-0.39, 0.29) is 0 Å². The van der Waals surface area contributed by atoms with E-state index in [1.807, 2.05) is 24.3 Å². The van der Waals surface area contributed by atoms with Crippen molar-refractivity contribution in [2.75, 3.05) is 0 Å². The van der Waals surface area contributed by atoms with Crippen LogP contribution < -0.4 is 4.74 Å². The highest BCUT2D eigenvalue weighted by atomic mass is 16.5. The van der Waals surface area contributed by atoms with E-state index in [0.29, 0.717) is 23.0 Å². The summed E-state index contributed by atoms with van der Waals surface area (Å²) in [6.45, 7) is 7.49. The quantitative estimate of drug-likeness (QED) is 0.514. The van der Waals surface area contributed by atoms with Gasteiger partial charge in [-0.25, -0.2) is 4.79 Å². The Balaban J connectivity index is 2.24. The Bertz CT molecular complexity index is 789. The number of hydrogen-bond donors (Lipinski definition) is 1. The molecule has 3 rings (SSSR count). The normalized spacial score (nSPS) is 16.9. The molecule has 2 aromatic rings. The fourth-order valence-electron chi connectivity index (χ4n) is 3.36. The van der Waals surface area contributed by atoms with Crippen LogP contribution in [0.2, 0.25) is 0 Å². The first-order valence-electron chi connectivity index (χ1n) is 8.16. The van der Waals surface area contributed by atoms with Gasteiger partial charge in [-0.2, -0.15) is 0 Å². The Hall–Kier alpha value is -2.29. The number of phenolic OH excluding ortho intramolecular Hbond substituents is 1. The minimum atomic E-state index is -0.415. The summed E-state index contributed by atoms with van der Waals surface area (Å²) in [6, 6.07) is 7.55. The molecule has 2 aromatic carbocycles. The van der Waals surface area contributed by atoms with Crippen molar-refractivity contribution in [3.8, 4) is 11.5 Å². The van der Waals surface area contributed by atoms with Crippen molar-refractivity contribution >= 4 is 16.7 Å². The van der Waals surface area contributed by atoms with Crippen LogP contribution >= 0.6 is 0 Å². The number of carbonyl (C=O) groups is 1. The molecule has 0 aromatic heterocycles. The second kappa shape index (κ2) is 6.07. The Morgan fingerprint density at radius 2 is 2.00 bits per heavy atom. The van der Waals surface area contributed by atoms with E-state index in [9.17, 15) is 9.90 Å². The van der Waals surface area contributed by atoms with Crippen molar-refractivity contribution in [1.29, 1.82) is 0 Å². The van der Waals surface area contributed by atoms with Gasteiger partial charge in [0.2, 0.25) is 0 Å². The largest absolute Gasteiger partial charge is 0.507 e. The summed E-state index contributed by atoms with van der Waals surface area (Å²) in [6.07, 6.45) is 3.80. The summed E-state index contributed by atoms with van der Waals surface area (Å²) in [5.41, 5.74) is 2.28. The average Bonchev–Trinajstić information content (AvgIpc) is 2.57. The minimum absolute atomic E-state index is 0.334. The van der Waals surface area contributed by atoms with Crippen LogP contribution in [0, 0.1) is 5.92 Å². The van der Waals surface area contributed by atoms with Crippen LogP contribution in [0.4, 0.5) is 0 Å². The lowest BCUT2D eigenvalue weighted by molar-refractivity contribution is -0.130. The van der Waals surface area contributed by atoms with Gasteiger partial charge in [0.15, 0.2) is 0 Å². The van der Waals surface area contributed by atoms with E-state index in [1.54, 1.807) is 6.92 Å². The third-order valence-corrected chi connectivity index (χ3v) is 4.77. The van der Waals surface area contributed by atoms with Crippen LogP contribution in [0.25, 0.3) is 10.8 Å². The molecule has 3 nitrogen and oxygen atoms in total. The van der Waals surface area contributed by atoms with Gasteiger partial charge in [-0.05, 0) is 32.1 Å². The molecule has 120 valence electrons. The zero-order valence-electron chi connectivity index (χ0n) is 13.7. The van der Waals surface area contributed by atoms with E-state index >= 15 is 0 Å². The minimum Gasteiger partial charge on any atom is -0.507 e. The molecule has 0 spiro atoms. The third-order valence-electron chi connectivity index (χ3n) is 4.77. The lowest BCUT2D eigenvalue weighted by Crippen LogP contribution is -2.17. The van der Waals surface area contributed by atoms with E-state index in [0.717, 1.165) is 47.6 Å². The first-order valence-corrected chi connectivity index (χ1v) is 8.16. The van der Waals surface area contributed by atoms with Gasteiger partial charge >= 0.3 is 5.97 Å². The maximum atomic E-state index is 12.1. The smallest absolute Gasteiger partial charge is 0.338 e. The van der Waals surface area contributed by atoms with E-state index in [2.05, 4.69) is 13.5 Å². The number of ether oxygens (including phenoxy) is 1. The van der Waals surface area contributed by atoms with Gasteiger partial charge in [0, 0.05) is 27.5 Å². The van der Waals surface area contributed by atoms with Crippen molar-refractivity contribution in [2.24, 2.45) is 5.92 Å². The van der Waals surface area contributed by atoms with Gasteiger partial charge in [0.1, 0.15) is 11.5 Å². The van der Waals surface area contributed by atoms with Crippen molar-refractivity contribution < 1.29 is 14.6 Å². The van der Waals surface area contributed by atoms with E-state index in [1.165, 1.54) is 0 Å². The molecule has 0 bridgehead atoms. The van der Waals surface area contributed by atoms with Crippen LogP contribution in [-0.2, 0) is 17.6 Å². The fourth-order valence-corrected chi connectivity index (χ4v) is 3.36. The number of benzene rings is 2. The maximum Gasteiger partial charge on any atom is 0.338 e. The Morgan fingerprint density at radius 1 is 1.30 bits per heavy atom. The van der Waals surface area contributed by atoms with Crippen molar-refractivity contribution in [1.82, 2.24) is 0 Å². The third kappa shape index (κ3) is 2.72. The molecular weight excluding hydrogens is 288 g/mol. The highest BCUT2D eigenvalue weighted by molar-refractivity contribution is 5.99. The zero-order chi connectivity index (χ0) is 16.6. The number of fused-ring (bicyclic) bond motifs is 2. The molecule has 0 saturated carbocycles. The molecule has 1 atom stereocenters. The Kier molecular flexibility index (Phi) is 4.12. The molecule has 0 radical (unpaired) electrons. The maximum absolute atomic E-state index is 12.1. The van der Waals surface area contributed by atoms with Crippen LogP contribution in [0.3, 0.4) is 0 Å².